The number of hydrogen-bond donors (Lipinski definition) is 0. The van der Waals surface area contributed by atoms with E-state index in [9.17, 15) is 14.9 Å². The van der Waals surface area contributed by atoms with Crippen LogP contribution >= 0.6 is 11.8 Å². The van der Waals surface area contributed by atoms with Gasteiger partial charge in [0.2, 0.25) is 0 Å². The summed E-state index contributed by atoms with van der Waals surface area (Å²) in [6, 6.07) is 5.79. The molecule has 0 radical (unpaired) electrons. The van der Waals surface area contributed by atoms with Crippen molar-refractivity contribution in [3.63, 3.8) is 0 Å². The van der Waals surface area contributed by atoms with Crippen molar-refractivity contribution in [1.82, 2.24) is 0 Å². The first kappa shape index (κ1) is 20.6. The summed E-state index contributed by atoms with van der Waals surface area (Å²) in [5.41, 5.74) is 1.64. The Kier molecular flexibility index (Phi) is 7.75. The molecule has 1 aliphatic heterocycles. The van der Waals surface area contributed by atoms with Crippen molar-refractivity contribution in [3.8, 4) is 0 Å². The number of carbonyl (C=O) groups is 1. The summed E-state index contributed by atoms with van der Waals surface area (Å²) in [5.74, 6) is 1.84. The van der Waals surface area contributed by atoms with E-state index in [0.29, 0.717) is 11.7 Å². The molecule has 1 aromatic carbocycles. The van der Waals surface area contributed by atoms with E-state index < -0.39 is 0 Å². The van der Waals surface area contributed by atoms with Crippen LogP contribution in [-0.2, 0) is 9.53 Å². The minimum Gasteiger partial charge on any atom is -0.469 e. The van der Waals surface area contributed by atoms with Gasteiger partial charge in [-0.05, 0) is 55.2 Å². The summed E-state index contributed by atoms with van der Waals surface area (Å²) >= 11 is 1.95. The highest BCUT2D eigenvalue weighted by molar-refractivity contribution is 7.99. The lowest BCUT2D eigenvalue weighted by molar-refractivity contribution is -0.384. The number of thioether (sulfide) groups is 1. The summed E-state index contributed by atoms with van der Waals surface area (Å²) in [4.78, 5) is 25.3. The van der Waals surface area contributed by atoms with Crippen LogP contribution in [0, 0.1) is 10.1 Å². The molecule has 144 valence electrons. The van der Waals surface area contributed by atoms with Crippen molar-refractivity contribution in [2.45, 2.75) is 51.5 Å². The van der Waals surface area contributed by atoms with Crippen molar-refractivity contribution in [2.24, 2.45) is 0 Å². The number of nitro groups is 1. The third kappa shape index (κ3) is 4.90. The molecule has 0 N–H and O–H groups in total. The highest BCUT2D eigenvalue weighted by atomic mass is 32.2. The Morgan fingerprint density at radius 2 is 2.08 bits per heavy atom. The van der Waals surface area contributed by atoms with E-state index in [4.69, 9.17) is 4.74 Å². The zero-order valence-corrected chi connectivity index (χ0v) is 16.6. The quantitative estimate of drug-likeness (QED) is 0.379. The SMILES string of the molecule is CCC(CC(=O)OC)c1ccc(N(CC)C2CCSCC2)c([N+](=O)[O-])c1. The standard InChI is InChI=1S/C19H28N2O4S/c1-4-14(13-19(22)25-3)15-6-7-17(18(12-15)21(23)24)20(5-2)16-8-10-26-11-9-16/h6-7,12,14,16H,4-5,8-11,13H2,1-3H3. The van der Waals surface area contributed by atoms with Crippen LogP contribution < -0.4 is 4.90 Å². The second-order valence-corrected chi connectivity index (χ2v) is 7.74. The predicted molar refractivity (Wildman–Crippen MR) is 106 cm³/mol. The lowest BCUT2D eigenvalue weighted by Crippen LogP contribution is -2.38. The fourth-order valence-corrected chi connectivity index (χ4v) is 4.67. The number of rotatable bonds is 8. The number of nitrogens with zero attached hydrogens (tertiary/aromatic N) is 2. The van der Waals surface area contributed by atoms with Crippen molar-refractivity contribution in [3.05, 3.63) is 33.9 Å². The van der Waals surface area contributed by atoms with E-state index in [0.717, 1.165) is 42.9 Å². The second kappa shape index (κ2) is 9.80. The first-order valence-corrected chi connectivity index (χ1v) is 10.4. The van der Waals surface area contributed by atoms with Gasteiger partial charge in [-0.15, -0.1) is 0 Å². The molecule has 1 heterocycles. The monoisotopic (exact) mass is 380 g/mol. The minimum atomic E-state index is -0.302. The molecule has 1 aliphatic rings. The molecule has 26 heavy (non-hydrogen) atoms. The molecule has 1 aromatic rings. The number of anilines is 1. The lowest BCUT2D eigenvalue weighted by atomic mass is 9.92. The van der Waals surface area contributed by atoms with E-state index in [1.807, 2.05) is 37.7 Å². The highest BCUT2D eigenvalue weighted by Gasteiger charge is 2.27. The summed E-state index contributed by atoms with van der Waals surface area (Å²) < 4.78 is 4.76. The summed E-state index contributed by atoms with van der Waals surface area (Å²) in [7, 11) is 1.36. The van der Waals surface area contributed by atoms with Crippen LogP contribution in [0.5, 0.6) is 0 Å². The summed E-state index contributed by atoms with van der Waals surface area (Å²) in [5, 5.41) is 11.7. The highest BCUT2D eigenvalue weighted by Crippen LogP contribution is 2.36. The molecule has 7 heteroatoms. The van der Waals surface area contributed by atoms with Gasteiger partial charge in [0.15, 0.2) is 0 Å². The average molecular weight is 381 g/mol. The largest absolute Gasteiger partial charge is 0.469 e. The number of benzene rings is 1. The summed E-state index contributed by atoms with van der Waals surface area (Å²) in [6.45, 7) is 4.77. The van der Waals surface area contributed by atoms with Gasteiger partial charge in [-0.1, -0.05) is 13.0 Å². The maximum absolute atomic E-state index is 11.7. The van der Waals surface area contributed by atoms with E-state index in [2.05, 4.69) is 4.90 Å². The van der Waals surface area contributed by atoms with Crippen LogP contribution in [0.2, 0.25) is 0 Å². The van der Waals surface area contributed by atoms with Crippen LogP contribution in [0.1, 0.15) is 51.0 Å². The van der Waals surface area contributed by atoms with E-state index in [1.54, 1.807) is 6.07 Å². The van der Waals surface area contributed by atoms with Gasteiger partial charge in [0.1, 0.15) is 5.69 Å². The predicted octanol–water partition coefficient (Wildman–Crippen LogP) is 4.37. The van der Waals surface area contributed by atoms with Crippen LogP contribution in [0.25, 0.3) is 0 Å². The average Bonchev–Trinajstić information content (AvgIpc) is 2.67. The molecule has 6 nitrogen and oxygen atoms in total. The molecule has 1 unspecified atom stereocenters. The molecule has 2 rings (SSSR count). The van der Waals surface area contributed by atoms with Crippen molar-refractivity contribution < 1.29 is 14.5 Å². The van der Waals surface area contributed by atoms with Crippen molar-refractivity contribution >= 4 is 29.1 Å². The van der Waals surface area contributed by atoms with E-state index in [-0.39, 0.29) is 28.9 Å². The Hall–Kier alpha value is -1.76. The van der Waals surface area contributed by atoms with E-state index >= 15 is 0 Å². The second-order valence-electron chi connectivity index (χ2n) is 6.52. The Morgan fingerprint density at radius 3 is 2.62 bits per heavy atom. The van der Waals surface area contributed by atoms with Crippen LogP contribution in [0.4, 0.5) is 11.4 Å². The molecule has 0 aromatic heterocycles. The molecule has 1 fully saturated rings. The first-order chi connectivity index (χ1) is 12.5. The maximum Gasteiger partial charge on any atom is 0.306 e. The smallest absolute Gasteiger partial charge is 0.306 e. The van der Waals surface area contributed by atoms with Crippen molar-refractivity contribution in [2.75, 3.05) is 30.1 Å². The number of nitro benzene ring substituents is 1. The summed E-state index contributed by atoms with van der Waals surface area (Å²) in [6.07, 6.45) is 3.07. The molecule has 0 amide bonds. The molecule has 0 saturated carbocycles. The van der Waals surface area contributed by atoms with Gasteiger partial charge in [-0.3, -0.25) is 14.9 Å². The molecule has 0 aliphatic carbocycles. The van der Waals surface area contributed by atoms with Gasteiger partial charge in [-0.2, -0.15) is 11.8 Å². The number of carbonyl (C=O) groups excluding carboxylic acids is 1. The van der Waals surface area contributed by atoms with Crippen LogP contribution in [0.3, 0.4) is 0 Å². The number of ether oxygens (including phenoxy) is 1. The maximum atomic E-state index is 11.7. The van der Waals surface area contributed by atoms with Gasteiger partial charge < -0.3 is 9.64 Å². The Balaban J connectivity index is 2.35. The fraction of sp³-hybridized carbons (Fsp3) is 0.632. The van der Waals surface area contributed by atoms with E-state index in [1.165, 1.54) is 7.11 Å². The van der Waals surface area contributed by atoms with Gasteiger partial charge in [0, 0.05) is 18.7 Å². The molecular formula is C19H28N2O4S. The minimum absolute atomic E-state index is 0.0728. The molecule has 1 atom stereocenters. The first-order valence-electron chi connectivity index (χ1n) is 9.21. The Labute approximate surface area is 159 Å². The molecule has 0 spiro atoms. The van der Waals surface area contributed by atoms with Gasteiger partial charge in [-0.25, -0.2) is 0 Å². The zero-order valence-electron chi connectivity index (χ0n) is 15.8. The molecule has 1 saturated heterocycles. The van der Waals surface area contributed by atoms with Crippen LogP contribution in [0.15, 0.2) is 18.2 Å². The third-order valence-corrected chi connectivity index (χ3v) is 6.13. The number of methoxy groups -OCH3 is 1. The Bertz CT molecular complexity index is 632. The fourth-order valence-electron chi connectivity index (χ4n) is 3.59. The van der Waals surface area contributed by atoms with Gasteiger partial charge in [0.05, 0.1) is 18.5 Å². The zero-order chi connectivity index (χ0) is 19.1. The van der Waals surface area contributed by atoms with Gasteiger partial charge in [0.25, 0.3) is 5.69 Å². The molecular weight excluding hydrogens is 352 g/mol. The Morgan fingerprint density at radius 1 is 1.38 bits per heavy atom. The lowest BCUT2D eigenvalue weighted by Gasteiger charge is -2.35. The van der Waals surface area contributed by atoms with Gasteiger partial charge >= 0.3 is 5.97 Å². The topological polar surface area (TPSA) is 72.7 Å². The number of hydrogen-bond acceptors (Lipinski definition) is 6. The number of esters is 1. The normalized spacial score (nSPS) is 16.1. The third-order valence-electron chi connectivity index (χ3n) is 5.08. The molecule has 0 bridgehead atoms. The van der Waals surface area contributed by atoms with Crippen molar-refractivity contribution in [1.29, 1.82) is 0 Å². The van der Waals surface area contributed by atoms with Crippen LogP contribution in [-0.4, -0.2) is 42.1 Å².